The maximum Gasteiger partial charge on any atom is 0.280 e. The molecule has 4 N–H and O–H groups in total. The van der Waals surface area contributed by atoms with Crippen molar-refractivity contribution in [1.82, 2.24) is 5.43 Å². The molecule has 1 aromatic heterocycles. The molecule has 1 aliphatic rings. The second-order valence-electron chi connectivity index (χ2n) is 9.21. The highest BCUT2D eigenvalue weighted by Gasteiger charge is 2.25. The number of primary amides is 1. The maximum absolute atomic E-state index is 12.9. The van der Waals surface area contributed by atoms with E-state index >= 15 is 0 Å². The van der Waals surface area contributed by atoms with E-state index in [4.69, 9.17) is 24.7 Å². The molecule has 0 radical (unpaired) electrons. The first-order chi connectivity index (χ1) is 19.7. The first-order valence-electron chi connectivity index (χ1n) is 12.9. The summed E-state index contributed by atoms with van der Waals surface area (Å²) < 4.78 is 21.6. The van der Waals surface area contributed by atoms with Crippen LogP contribution in [0.3, 0.4) is 0 Å². The Bertz CT molecular complexity index is 1440. The number of rotatable bonds is 11. The van der Waals surface area contributed by atoms with E-state index in [9.17, 15) is 14.4 Å². The van der Waals surface area contributed by atoms with Crippen molar-refractivity contribution in [2.75, 3.05) is 26.6 Å². The van der Waals surface area contributed by atoms with Crippen molar-refractivity contribution in [1.29, 1.82) is 0 Å². The number of ether oxygens (including phenoxy) is 4. The first-order valence-corrected chi connectivity index (χ1v) is 13.7. The first kappa shape index (κ1) is 29.4. The summed E-state index contributed by atoms with van der Waals surface area (Å²) in [6, 6.07) is 9.72. The molecular weight excluding hydrogens is 548 g/mol. The predicted molar refractivity (Wildman–Crippen MR) is 156 cm³/mol. The van der Waals surface area contributed by atoms with Gasteiger partial charge in [0, 0.05) is 16.0 Å². The van der Waals surface area contributed by atoms with Crippen LogP contribution in [0.15, 0.2) is 41.5 Å². The predicted octanol–water partition coefficient (Wildman–Crippen LogP) is 3.92. The van der Waals surface area contributed by atoms with Gasteiger partial charge >= 0.3 is 0 Å². The molecule has 0 fully saturated rings. The average Bonchev–Trinajstić information content (AvgIpc) is 3.34. The van der Waals surface area contributed by atoms with Crippen molar-refractivity contribution in [3.63, 3.8) is 0 Å². The molecule has 1 aliphatic carbocycles. The molecule has 0 saturated carbocycles. The van der Waals surface area contributed by atoms with E-state index in [1.165, 1.54) is 38.9 Å². The molecule has 41 heavy (non-hydrogen) atoms. The van der Waals surface area contributed by atoms with Gasteiger partial charge in [-0.15, -0.1) is 11.3 Å². The second kappa shape index (κ2) is 13.2. The lowest BCUT2D eigenvalue weighted by molar-refractivity contribution is -0.127. The molecule has 11 nitrogen and oxygen atoms in total. The highest BCUT2D eigenvalue weighted by molar-refractivity contribution is 7.17. The topological polar surface area (TPSA) is 151 Å². The molecule has 0 saturated heterocycles. The van der Waals surface area contributed by atoms with E-state index in [0.29, 0.717) is 44.7 Å². The summed E-state index contributed by atoms with van der Waals surface area (Å²) in [4.78, 5) is 38.6. The zero-order valence-electron chi connectivity index (χ0n) is 23.2. The van der Waals surface area contributed by atoms with Crippen LogP contribution in [0.2, 0.25) is 0 Å². The van der Waals surface area contributed by atoms with E-state index < -0.39 is 17.9 Å². The molecule has 0 spiro atoms. The van der Waals surface area contributed by atoms with Gasteiger partial charge in [-0.3, -0.25) is 14.4 Å². The number of nitrogens with zero attached hydrogens (tertiary/aromatic N) is 1. The fraction of sp³-hybridized carbons (Fsp3) is 0.310. The standard InChI is InChI=1S/C29H32N4O7S/c1-16(27(35)33-31-15-17-13-21(37-2)25(39-4)22(14-17)38-3)40-19-11-9-18(10-12-19)28(36)32-29-24(26(30)34)20-7-5-6-8-23(20)41-29/h9-16H,5-8H2,1-4H3,(H2,30,34)(H,32,36)(H,33,35)/b31-15-/t16-/m0/s1. The zero-order valence-corrected chi connectivity index (χ0v) is 24.1. The van der Waals surface area contributed by atoms with Crippen molar-refractivity contribution in [3.05, 3.63) is 63.5 Å². The summed E-state index contributed by atoms with van der Waals surface area (Å²) in [5, 5.41) is 7.31. The van der Waals surface area contributed by atoms with E-state index in [0.717, 1.165) is 36.1 Å². The Morgan fingerprint density at radius 2 is 1.66 bits per heavy atom. The van der Waals surface area contributed by atoms with Gasteiger partial charge in [-0.25, -0.2) is 5.43 Å². The number of hydrogen-bond acceptors (Lipinski definition) is 9. The number of carbonyl (C=O) groups is 3. The van der Waals surface area contributed by atoms with Gasteiger partial charge in [0.2, 0.25) is 5.75 Å². The molecule has 216 valence electrons. The van der Waals surface area contributed by atoms with Gasteiger partial charge in [0.05, 0.1) is 33.1 Å². The van der Waals surface area contributed by atoms with Crippen LogP contribution in [0.25, 0.3) is 0 Å². The third-order valence-electron chi connectivity index (χ3n) is 6.52. The Kier molecular flexibility index (Phi) is 9.45. The van der Waals surface area contributed by atoms with Crippen molar-refractivity contribution >= 4 is 40.3 Å². The summed E-state index contributed by atoms with van der Waals surface area (Å²) in [6.45, 7) is 1.58. The molecule has 0 unspecified atom stereocenters. The number of methoxy groups -OCH3 is 3. The number of thiophene rings is 1. The maximum atomic E-state index is 12.9. The number of amides is 3. The van der Waals surface area contributed by atoms with Crippen LogP contribution in [0.5, 0.6) is 23.0 Å². The van der Waals surface area contributed by atoms with Crippen LogP contribution in [-0.2, 0) is 17.6 Å². The molecule has 0 aliphatic heterocycles. The highest BCUT2D eigenvalue weighted by Crippen LogP contribution is 2.39. The van der Waals surface area contributed by atoms with Crippen LogP contribution >= 0.6 is 11.3 Å². The van der Waals surface area contributed by atoms with Crippen molar-refractivity contribution in [3.8, 4) is 23.0 Å². The Labute approximate surface area is 241 Å². The molecule has 3 amide bonds. The number of hydrazone groups is 1. The Morgan fingerprint density at radius 3 is 2.27 bits per heavy atom. The minimum absolute atomic E-state index is 0.367. The van der Waals surface area contributed by atoms with E-state index in [1.54, 1.807) is 43.3 Å². The third kappa shape index (κ3) is 6.77. The number of anilines is 1. The van der Waals surface area contributed by atoms with E-state index in [-0.39, 0.29) is 5.91 Å². The second-order valence-corrected chi connectivity index (χ2v) is 10.3. The number of benzene rings is 2. The SMILES string of the molecule is COc1cc(/C=N\NC(=O)[C@H](C)Oc2ccc(C(=O)Nc3sc4c(c3C(N)=O)CCCC4)cc2)cc(OC)c1OC. The molecule has 12 heteroatoms. The lowest BCUT2D eigenvalue weighted by Crippen LogP contribution is -2.33. The lowest BCUT2D eigenvalue weighted by atomic mass is 9.95. The fourth-order valence-electron chi connectivity index (χ4n) is 4.47. The van der Waals surface area contributed by atoms with Crippen LogP contribution < -0.4 is 35.4 Å². The number of hydrogen-bond donors (Lipinski definition) is 3. The van der Waals surface area contributed by atoms with Crippen LogP contribution in [0.1, 0.15) is 56.5 Å². The minimum Gasteiger partial charge on any atom is -0.493 e. The minimum atomic E-state index is -0.873. The number of fused-ring (bicyclic) bond motifs is 1. The van der Waals surface area contributed by atoms with Gasteiger partial charge in [-0.05, 0) is 74.6 Å². The van der Waals surface area contributed by atoms with E-state index in [1.807, 2.05) is 0 Å². The normalized spacial score (nSPS) is 13.2. The van der Waals surface area contributed by atoms with Gasteiger partial charge in [0.15, 0.2) is 17.6 Å². The summed E-state index contributed by atoms with van der Waals surface area (Å²) in [5.41, 5.74) is 10.4. The Morgan fingerprint density at radius 1 is 1.00 bits per heavy atom. The van der Waals surface area contributed by atoms with Gasteiger partial charge in [-0.2, -0.15) is 5.10 Å². The molecule has 4 rings (SSSR count). The quantitative estimate of drug-likeness (QED) is 0.230. The van der Waals surface area contributed by atoms with Gasteiger partial charge < -0.3 is 30.0 Å². The van der Waals surface area contributed by atoms with E-state index in [2.05, 4.69) is 15.8 Å². The highest BCUT2D eigenvalue weighted by atomic mass is 32.1. The Hall–Kier alpha value is -4.58. The molecule has 1 atom stereocenters. The zero-order chi connectivity index (χ0) is 29.5. The summed E-state index contributed by atoms with van der Waals surface area (Å²) in [6.07, 6.45) is 4.28. The van der Waals surface area contributed by atoms with Crippen molar-refractivity contribution in [2.24, 2.45) is 10.8 Å². The smallest absolute Gasteiger partial charge is 0.280 e. The number of nitrogens with one attached hydrogen (secondary N) is 2. The lowest BCUT2D eigenvalue weighted by Gasteiger charge is -2.14. The summed E-state index contributed by atoms with van der Waals surface area (Å²) in [7, 11) is 4.52. The number of nitrogens with two attached hydrogens (primary N) is 1. The van der Waals surface area contributed by atoms with Gasteiger partial charge in [0.1, 0.15) is 10.8 Å². The molecule has 2 aromatic carbocycles. The molecular formula is C29H32N4O7S. The Balaban J connectivity index is 1.35. The third-order valence-corrected chi connectivity index (χ3v) is 7.73. The summed E-state index contributed by atoms with van der Waals surface area (Å²) >= 11 is 1.41. The molecule has 3 aromatic rings. The van der Waals surface area contributed by atoms with Crippen LogP contribution in [0, 0.1) is 0 Å². The van der Waals surface area contributed by atoms with Gasteiger partial charge in [-0.1, -0.05) is 0 Å². The fourth-order valence-corrected chi connectivity index (χ4v) is 5.76. The number of carbonyl (C=O) groups excluding carboxylic acids is 3. The monoisotopic (exact) mass is 580 g/mol. The molecule has 0 bridgehead atoms. The molecule has 1 heterocycles. The van der Waals surface area contributed by atoms with Crippen molar-refractivity contribution < 1.29 is 33.3 Å². The van der Waals surface area contributed by atoms with Crippen LogP contribution in [-0.4, -0.2) is 51.4 Å². The number of aryl methyl sites for hydroxylation is 1. The largest absolute Gasteiger partial charge is 0.493 e. The van der Waals surface area contributed by atoms with Gasteiger partial charge in [0.25, 0.3) is 17.7 Å². The van der Waals surface area contributed by atoms with Crippen molar-refractivity contribution in [2.45, 2.75) is 38.7 Å². The average molecular weight is 581 g/mol. The summed E-state index contributed by atoms with van der Waals surface area (Å²) in [5.74, 6) is 0.362. The van der Waals surface area contributed by atoms with Crippen LogP contribution in [0.4, 0.5) is 5.00 Å².